The maximum absolute atomic E-state index is 12.9. The van der Waals surface area contributed by atoms with Gasteiger partial charge in [-0.25, -0.2) is 4.39 Å². The van der Waals surface area contributed by atoms with Crippen molar-refractivity contribution in [2.45, 2.75) is 27.2 Å². The molecule has 0 N–H and O–H groups in total. The molecule has 2 aromatic rings. The summed E-state index contributed by atoms with van der Waals surface area (Å²) in [6.07, 6.45) is 1.03. The number of hydrogen-bond acceptors (Lipinski definition) is 0. The van der Waals surface area contributed by atoms with Crippen LogP contribution in [0.25, 0.3) is 11.1 Å². The lowest BCUT2D eigenvalue weighted by molar-refractivity contribution is 0.628. The number of hydrogen-bond donors (Lipinski definition) is 0. The summed E-state index contributed by atoms with van der Waals surface area (Å²) in [5.41, 5.74) is 6.21. The molecule has 2 rings (SSSR count). The zero-order valence-corrected chi connectivity index (χ0v) is 10.5. The van der Waals surface area contributed by atoms with Crippen molar-refractivity contribution < 1.29 is 4.39 Å². The van der Waals surface area contributed by atoms with Crippen LogP contribution in [-0.2, 0) is 6.42 Å². The van der Waals surface area contributed by atoms with Crippen LogP contribution in [0.4, 0.5) is 4.39 Å². The summed E-state index contributed by atoms with van der Waals surface area (Å²) in [5, 5.41) is 0. The van der Waals surface area contributed by atoms with Gasteiger partial charge in [-0.15, -0.1) is 0 Å². The molecule has 0 aromatic heterocycles. The van der Waals surface area contributed by atoms with Gasteiger partial charge in [0.05, 0.1) is 0 Å². The Morgan fingerprint density at radius 1 is 0.941 bits per heavy atom. The Balaban J connectivity index is 2.55. The van der Waals surface area contributed by atoms with Crippen molar-refractivity contribution in [3.63, 3.8) is 0 Å². The molecule has 0 amide bonds. The predicted molar refractivity (Wildman–Crippen MR) is 70.7 cm³/mol. The van der Waals surface area contributed by atoms with Gasteiger partial charge in [-0.05, 0) is 60.2 Å². The number of aryl methyl sites for hydroxylation is 3. The fourth-order valence-electron chi connectivity index (χ4n) is 2.22. The van der Waals surface area contributed by atoms with Gasteiger partial charge in [0.1, 0.15) is 5.82 Å². The van der Waals surface area contributed by atoms with E-state index >= 15 is 0 Å². The van der Waals surface area contributed by atoms with Crippen molar-refractivity contribution in [3.05, 3.63) is 58.9 Å². The van der Waals surface area contributed by atoms with Crippen LogP contribution < -0.4 is 0 Å². The van der Waals surface area contributed by atoms with Gasteiger partial charge in [0, 0.05) is 0 Å². The highest BCUT2D eigenvalue weighted by Crippen LogP contribution is 2.27. The van der Waals surface area contributed by atoms with Gasteiger partial charge in [-0.1, -0.05) is 31.2 Å². The van der Waals surface area contributed by atoms with E-state index < -0.39 is 0 Å². The van der Waals surface area contributed by atoms with Crippen molar-refractivity contribution >= 4 is 0 Å². The largest absolute Gasteiger partial charge is 0.207 e. The monoisotopic (exact) mass is 228 g/mol. The van der Waals surface area contributed by atoms with Crippen LogP contribution in [0, 0.1) is 19.7 Å². The first-order chi connectivity index (χ1) is 8.11. The number of benzene rings is 2. The molecule has 0 unspecified atom stereocenters. The molecule has 0 heterocycles. The molecular weight excluding hydrogens is 211 g/mol. The van der Waals surface area contributed by atoms with Crippen LogP contribution >= 0.6 is 0 Å². The fraction of sp³-hybridized carbons (Fsp3) is 0.250. The third-order valence-corrected chi connectivity index (χ3v) is 3.22. The van der Waals surface area contributed by atoms with Crippen molar-refractivity contribution in [3.8, 4) is 11.1 Å². The third-order valence-electron chi connectivity index (χ3n) is 3.22. The highest BCUT2D eigenvalue weighted by molar-refractivity contribution is 5.68. The van der Waals surface area contributed by atoms with E-state index in [0.717, 1.165) is 12.0 Å². The Kier molecular flexibility index (Phi) is 3.28. The summed E-state index contributed by atoms with van der Waals surface area (Å²) >= 11 is 0. The molecule has 2 aromatic carbocycles. The van der Waals surface area contributed by atoms with Gasteiger partial charge in [0.2, 0.25) is 0 Å². The molecule has 0 atom stereocenters. The van der Waals surface area contributed by atoms with E-state index in [0.29, 0.717) is 0 Å². The molecule has 0 saturated heterocycles. The average molecular weight is 228 g/mol. The summed E-state index contributed by atoms with van der Waals surface area (Å²) in [5.74, 6) is -0.186. The van der Waals surface area contributed by atoms with Crippen LogP contribution in [-0.4, -0.2) is 0 Å². The van der Waals surface area contributed by atoms with Gasteiger partial charge in [-0.3, -0.25) is 0 Å². The summed E-state index contributed by atoms with van der Waals surface area (Å²) in [4.78, 5) is 0. The standard InChI is InChI=1S/C16H17F/c1-4-13-10-16(12(3)9-11(13)2)14-5-7-15(17)8-6-14/h5-10H,4H2,1-3H3. The SMILES string of the molecule is CCc1cc(-c2ccc(F)cc2)c(C)cc1C. The Morgan fingerprint density at radius 3 is 2.18 bits per heavy atom. The Labute approximate surface area is 102 Å². The Morgan fingerprint density at radius 2 is 1.59 bits per heavy atom. The fourth-order valence-corrected chi connectivity index (χ4v) is 2.22. The van der Waals surface area contributed by atoms with E-state index in [1.165, 1.54) is 34.4 Å². The van der Waals surface area contributed by atoms with Gasteiger partial charge < -0.3 is 0 Å². The van der Waals surface area contributed by atoms with Crippen LogP contribution in [0.2, 0.25) is 0 Å². The second-order valence-corrected chi connectivity index (χ2v) is 4.45. The van der Waals surface area contributed by atoms with Crippen LogP contribution in [0.15, 0.2) is 36.4 Å². The number of halogens is 1. The van der Waals surface area contributed by atoms with Crippen molar-refractivity contribution in [1.29, 1.82) is 0 Å². The molecule has 1 heteroatoms. The maximum atomic E-state index is 12.9. The average Bonchev–Trinajstić information content (AvgIpc) is 2.31. The lowest BCUT2D eigenvalue weighted by Gasteiger charge is -2.11. The quantitative estimate of drug-likeness (QED) is 0.700. The van der Waals surface area contributed by atoms with Gasteiger partial charge >= 0.3 is 0 Å². The molecule has 0 aliphatic rings. The topological polar surface area (TPSA) is 0 Å². The highest BCUT2D eigenvalue weighted by atomic mass is 19.1. The second-order valence-electron chi connectivity index (χ2n) is 4.45. The van der Waals surface area contributed by atoms with Crippen LogP contribution in [0.5, 0.6) is 0 Å². The lowest BCUT2D eigenvalue weighted by atomic mass is 9.94. The second kappa shape index (κ2) is 4.70. The molecule has 0 fully saturated rings. The zero-order chi connectivity index (χ0) is 12.4. The Bertz CT molecular complexity index is 524. The summed E-state index contributed by atoms with van der Waals surface area (Å²) in [7, 11) is 0. The first-order valence-corrected chi connectivity index (χ1v) is 5.98. The molecule has 17 heavy (non-hydrogen) atoms. The highest BCUT2D eigenvalue weighted by Gasteiger charge is 2.05. The molecule has 0 spiro atoms. The van der Waals surface area contributed by atoms with Crippen molar-refractivity contribution in [2.75, 3.05) is 0 Å². The van der Waals surface area contributed by atoms with E-state index in [1.54, 1.807) is 0 Å². The summed E-state index contributed by atoms with van der Waals surface area (Å²) in [6, 6.07) is 11.1. The van der Waals surface area contributed by atoms with Gasteiger partial charge in [0.15, 0.2) is 0 Å². The lowest BCUT2D eigenvalue weighted by Crippen LogP contribution is -1.92. The molecule has 0 saturated carbocycles. The zero-order valence-electron chi connectivity index (χ0n) is 10.5. The van der Waals surface area contributed by atoms with E-state index in [2.05, 4.69) is 32.9 Å². The Hall–Kier alpha value is -1.63. The normalized spacial score (nSPS) is 10.6. The maximum Gasteiger partial charge on any atom is 0.123 e. The molecular formula is C16H17F. The van der Waals surface area contributed by atoms with Crippen LogP contribution in [0.3, 0.4) is 0 Å². The molecule has 88 valence electrons. The minimum absolute atomic E-state index is 0.186. The first-order valence-electron chi connectivity index (χ1n) is 5.98. The van der Waals surface area contributed by atoms with Gasteiger partial charge in [-0.2, -0.15) is 0 Å². The minimum Gasteiger partial charge on any atom is -0.207 e. The van der Waals surface area contributed by atoms with Crippen LogP contribution in [0.1, 0.15) is 23.6 Å². The number of rotatable bonds is 2. The molecule has 0 aliphatic heterocycles. The van der Waals surface area contributed by atoms with Crippen molar-refractivity contribution in [1.82, 2.24) is 0 Å². The molecule has 0 radical (unpaired) electrons. The smallest absolute Gasteiger partial charge is 0.123 e. The van der Waals surface area contributed by atoms with Crippen molar-refractivity contribution in [2.24, 2.45) is 0 Å². The molecule has 0 bridgehead atoms. The summed E-state index contributed by atoms with van der Waals surface area (Å²) in [6.45, 7) is 6.40. The first kappa shape index (κ1) is 11.8. The van der Waals surface area contributed by atoms with Gasteiger partial charge in [0.25, 0.3) is 0 Å². The minimum atomic E-state index is -0.186. The third kappa shape index (κ3) is 2.38. The summed E-state index contributed by atoms with van der Waals surface area (Å²) < 4.78 is 12.9. The van der Waals surface area contributed by atoms with E-state index in [4.69, 9.17) is 0 Å². The van der Waals surface area contributed by atoms with E-state index in [1.807, 2.05) is 12.1 Å². The predicted octanol–water partition coefficient (Wildman–Crippen LogP) is 4.67. The van der Waals surface area contributed by atoms with E-state index in [9.17, 15) is 4.39 Å². The van der Waals surface area contributed by atoms with E-state index in [-0.39, 0.29) is 5.82 Å². The molecule has 0 aliphatic carbocycles. The molecule has 0 nitrogen and oxygen atoms in total.